The van der Waals surface area contributed by atoms with Crippen molar-refractivity contribution in [3.8, 4) is 0 Å². The minimum absolute atomic E-state index is 0.00634. The highest BCUT2D eigenvalue weighted by molar-refractivity contribution is 7.22. The number of aromatic nitrogens is 1. The smallest absolute Gasteiger partial charge is 0.337 e. The van der Waals surface area contributed by atoms with E-state index < -0.39 is 29.5 Å². The first-order chi connectivity index (χ1) is 16.8. The molecule has 35 heavy (non-hydrogen) atoms. The highest BCUT2D eigenvalue weighted by Crippen LogP contribution is 2.44. The van der Waals surface area contributed by atoms with Crippen molar-refractivity contribution < 1.29 is 28.6 Å². The number of ether oxygens (including phenoxy) is 1. The first-order valence-corrected chi connectivity index (χ1v) is 11.5. The number of benzene rings is 2. The molecule has 1 aliphatic rings. The Morgan fingerprint density at radius 2 is 1.89 bits per heavy atom. The standard InChI is InChI=1S/C26H20N2O6S/c1-13-11-14(2)20-18(12-13)35-26(27-20)28-21(15-6-8-16(9-7-15)25(32)33-3)19(23(30)24(28)31)22(29)17-5-4-10-34-17/h4-12,21,30H,1-3H3. The van der Waals surface area contributed by atoms with Crippen LogP contribution in [0.1, 0.15) is 43.6 Å². The molecule has 2 aromatic carbocycles. The van der Waals surface area contributed by atoms with E-state index in [-0.39, 0.29) is 11.3 Å². The maximum absolute atomic E-state index is 13.4. The van der Waals surface area contributed by atoms with E-state index >= 15 is 0 Å². The van der Waals surface area contributed by atoms with Gasteiger partial charge in [0.1, 0.15) is 0 Å². The van der Waals surface area contributed by atoms with Gasteiger partial charge >= 0.3 is 5.97 Å². The first-order valence-electron chi connectivity index (χ1n) is 10.7. The number of esters is 1. The molecule has 0 radical (unpaired) electrons. The van der Waals surface area contributed by atoms with E-state index in [0.717, 1.165) is 21.3 Å². The van der Waals surface area contributed by atoms with Crippen LogP contribution >= 0.6 is 11.3 Å². The van der Waals surface area contributed by atoms with Crippen LogP contribution in [0.5, 0.6) is 0 Å². The molecule has 0 saturated carbocycles. The molecule has 4 aromatic rings. The average Bonchev–Trinajstić information content (AvgIpc) is 3.57. The zero-order chi connectivity index (χ0) is 24.9. The zero-order valence-electron chi connectivity index (χ0n) is 19.1. The number of thiazole rings is 1. The molecule has 8 nitrogen and oxygen atoms in total. The van der Waals surface area contributed by atoms with Crippen molar-refractivity contribution in [2.75, 3.05) is 12.0 Å². The van der Waals surface area contributed by atoms with Crippen LogP contribution in [0.3, 0.4) is 0 Å². The Balaban J connectivity index is 1.67. The van der Waals surface area contributed by atoms with E-state index in [0.29, 0.717) is 16.3 Å². The molecular formula is C26H20N2O6S. The van der Waals surface area contributed by atoms with Crippen LogP contribution < -0.4 is 4.90 Å². The number of carbonyl (C=O) groups is 3. The van der Waals surface area contributed by atoms with Crippen LogP contribution in [0.2, 0.25) is 0 Å². The SMILES string of the molecule is COC(=O)c1ccc(C2C(C(=O)c3ccco3)=C(O)C(=O)N2c2nc3c(C)cc(C)cc3s2)cc1. The van der Waals surface area contributed by atoms with E-state index in [1.165, 1.54) is 35.7 Å². The van der Waals surface area contributed by atoms with Crippen molar-refractivity contribution in [1.29, 1.82) is 0 Å². The van der Waals surface area contributed by atoms with Crippen LogP contribution in [0.25, 0.3) is 10.2 Å². The van der Waals surface area contributed by atoms with Gasteiger partial charge in [-0.1, -0.05) is 29.5 Å². The number of amides is 1. The fourth-order valence-corrected chi connectivity index (χ4v) is 5.44. The summed E-state index contributed by atoms with van der Waals surface area (Å²) < 4.78 is 10.9. The number of ketones is 1. The number of rotatable bonds is 5. The zero-order valence-corrected chi connectivity index (χ0v) is 19.9. The van der Waals surface area contributed by atoms with Gasteiger partial charge in [-0.2, -0.15) is 0 Å². The molecule has 176 valence electrons. The largest absolute Gasteiger partial charge is 0.503 e. The predicted octanol–water partition coefficient (Wildman–Crippen LogP) is 5.08. The number of anilines is 1. The number of furan rings is 1. The molecule has 5 rings (SSSR count). The van der Waals surface area contributed by atoms with Gasteiger partial charge in [0.25, 0.3) is 5.91 Å². The lowest BCUT2D eigenvalue weighted by molar-refractivity contribution is -0.117. The summed E-state index contributed by atoms with van der Waals surface area (Å²) in [5.74, 6) is -2.54. The van der Waals surface area contributed by atoms with Gasteiger partial charge in [-0.15, -0.1) is 0 Å². The lowest BCUT2D eigenvalue weighted by Gasteiger charge is -2.24. The van der Waals surface area contributed by atoms with Crippen LogP contribution in [0.4, 0.5) is 5.13 Å². The number of nitrogens with zero attached hydrogens (tertiary/aromatic N) is 2. The van der Waals surface area contributed by atoms with Crippen molar-refractivity contribution in [3.63, 3.8) is 0 Å². The van der Waals surface area contributed by atoms with Gasteiger partial charge in [0, 0.05) is 0 Å². The van der Waals surface area contributed by atoms with Crippen molar-refractivity contribution in [2.24, 2.45) is 0 Å². The average molecular weight is 489 g/mol. The van der Waals surface area contributed by atoms with E-state index in [1.807, 2.05) is 26.0 Å². The summed E-state index contributed by atoms with van der Waals surface area (Å²) in [6.07, 6.45) is 1.35. The van der Waals surface area contributed by atoms with Gasteiger partial charge in [-0.05, 0) is 60.9 Å². The van der Waals surface area contributed by atoms with Gasteiger partial charge in [0.05, 0.1) is 40.8 Å². The number of hydrogen-bond acceptors (Lipinski definition) is 8. The number of carbonyl (C=O) groups excluding carboxylic acids is 3. The van der Waals surface area contributed by atoms with Gasteiger partial charge in [0.15, 0.2) is 16.7 Å². The molecule has 0 spiro atoms. The molecule has 1 atom stereocenters. The van der Waals surface area contributed by atoms with Crippen LogP contribution in [-0.2, 0) is 9.53 Å². The van der Waals surface area contributed by atoms with Crippen molar-refractivity contribution in [2.45, 2.75) is 19.9 Å². The molecule has 1 aliphatic heterocycles. The number of aryl methyl sites for hydroxylation is 2. The second-order valence-electron chi connectivity index (χ2n) is 8.18. The number of aliphatic hydroxyl groups excluding tert-OH is 1. The number of Topliss-reactive ketones (excluding diaryl/α,β-unsaturated/α-hetero) is 1. The third-order valence-electron chi connectivity index (χ3n) is 5.87. The molecule has 0 bridgehead atoms. The number of fused-ring (bicyclic) bond motifs is 1. The predicted molar refractivity (Wildman–Crippen MR) is 130 cm³/mol. The monoisotopic (exact) mass is 488 g/mol. The van der Waals surface area contributed by atoms with E-state index in [9.17, 15) is 19.5 Å². The molecule has 1 unspecified atom stereocenters. The topological polar surface area (TPSA) is 110 Å². The molecule has 0 fully saturated rings. The number of hydrogen-bond donors (Lipinski definition) is 1. The lowest BCUT2D eigenvalue weighted by atomic mass is 9.94. The Morgan fingerprint density at radius 1 is 1.14 bits per heavy atom. The van der Waals surface area contributed by atoms with Gasteiger partial charge in [0.2, 0.25) is 5.78 Å². The van der Waals surface area contributed by atoms with E-state index in [2.05, 4.69) is 4.98 Å². The Kier molecular flexibility index (Phi) is 5.49. The molecule has 2 aromatic heterocycles. The van der Waals surface area contributed by atoms with E-state index in [1.54, 1.807) is 30.3 Å². The summed E-state index contributed by atoms with van der Waals surface area (Å²) in [5, 5.41) is 11.2. The third-order valence-corrected chi connectivity index (χ3v) is 6.87. The maximum atomic E-state index is 13.4. The summed E-state index contributed by atoms with van der Waals surface area (Å²) in [5.41, 5.74) is 3.46. The number of methoxy groups -OCH3 is 1. The summed E-state index contributed by atoms with van der Waals surface area (Å²) >= 11 is 1.30. The minimum atomic E-state index is -0.978. The third kappa shape index (κ3) is 3.70. The quantitative estimate of drug-likeness (QED) is 0.308. The Morgan fingerprint density at radius 3 is 2.54 bits per heavy atom. The molecule has 1 amide bonds. The molecule has 0 saturated heterocycles. The van der Waals surface area contributed by atoms with Gasteiger partial charge < -0.3 is 14.3 Å². The Bertz CT molecular complexity index is 1520. The van der Waals surface area contributed by atoms with Gasteiger partial charge in [-0.3, -0.25) is 14.5 Å². The lowest BCUT2D eigenvalue weighted by Crippen LogP contribution is -2.31. The Hall–Kier alpha value is -4.24. The molecular weight excluding hydrogens is 468 g/mol. The highest BCUT2D eigenvalue weighted by atomic mass is 32.1. The second-order valence-corrected chi connectivity index (χ2v) is 9.19. The van der Waals surface area contributed by atoms with Gasteiger partial charge in [-0.25, -0.2) is 9.78 Å². The fraction of sp³-hybridized carbons (Fsp3) is 0.154. The molecule has 1 N–H and O–H groups in total. The van der Waals surface area contributed by atoms with Crippen molar-refractivity contribution in [1.82, 2.24) is 4.98 Å². The highest BCUT2D eigenvalue weighted by Gasteiger charge is 2.46. The normalized spacial score (nSPS) is 15.8. The summed E-state index contributed by atoms with van der Waals surface area (Å²) in [6, 6.07) is 12.3. The second kappa shape index (κ2) is 8.52. The first kappa shape index (κ1) is 22.5. The maximum Gasteiger partial charge on any atom is 0.337 e. The van der Waals surface area contributed by atoms with Crippen LogP contribution in [0.15, 0.2) is 70.5 Å². The van der Waals surface area contributed by atoms with Crippen LogP contribution in [-0.4, -0.2) is 34.9 Å². The fourth-order valence-electron chi connectivity index (χ4n) is 4.27. The number of aliphatic hydroxyl groups is 1. The van der Waals surface area contributed by atoms with Crippen molar-refractivity contribution >= 4 is 44.3 Å². The summed E-state index contributed by atoms with van der Waals surface area (Å²) in [6.45, 7) is 3.92. The van der Waals surface area contributed by atoms with Crippen molar-refractivity contribution in [3.05, 3.63) is 94.1 Å². The summed E-state index contributed by atoms with van der Waals surface area (Å²) in [4.78, 5) is 44.6. The Labute approximate surface area is 204 Å². The van der Waals surface area contributed by atoms with E-state index in [4.69, 9.17) is 9.15 Å². The summed E-state index contributed by atoms with van der Waals surface area (Å²) in [7, 11) is 1.28. The van der Waals surface area contributed by atoms with Crippen LogP contribution in [0, 0.1) is 13.8 Å². The molecule has 3 heterocycles. The molecule has 9 heteroatoms. The molecule has 0 aliphatic carbocycles. The minimum Gasteiger partial charge on any atom is -0.503 e.